The Balaban J connectivity index is 2.19. The van der Waals surface area contributed by atoms with Gasteiger partial charge in [0.2, 0.25) is 0 Å². The number of sulfonamides is 1. The van der Waals surface area contributed by atoms with Gasteiger partial charge in [0.15, 0.2) is 9.84 Å². The number of sulfone groups is 1. The fourth-order valence-corrected chi connectivity index (χ4v) is 4.72. The number of methoxy groups -OCH3 is 1. The van der Waals surface area contributed by atoms with E-state index in [0.717, 1.165) is 12.3 Å². The van der Waals surface area contributed by atoms with Gasteiger partial charge in [-0.1, -0.05) is 6.07 Å². The zero-order valence-corrected chi connectivity index (χ0v) is 18.1. The van der Waals surface area contributed by atoms with Gasteiger partial charge in [-0.3, -0.25) is 9.71 Å². The first-order valence-corrected chi connectivity index (χ1v) is 12.1. The van der Waals surface area contributed by atoms with Crippen molar-refractivity contribution in [1.29, 1.82) is 0 Å². The lowest BCUT2D eigenvalue weighted by Crippen LogP contribution is -2.16. The van der Waals surface area contributed by atoms with Crippen LogP contribution < -0.4 is 9.46 Å². The summed E-state index contributed by atoms with van der Waals surface area (Å²) in [5, 5.41) is 9.22. The molecule has 0 saturated carbocycles. The largest absolute Gasteiger partial charge is 0.495 e. The number of ether oxygens (including phenoxy) is 1. The van der Waals surface area contributed by atoms with Gasteiger partial charge >= 0.3 is 5.97 Å². The van der Waals surface area contributed by atoms with Crippen LogP contribution in [0.15, 0.2) is 70.6 Å². The van der Waals surface area contributed by atoms with Crippen LogP contribution in [0.2, 0.25) is 0 Å². The van der Waals surface area contributed by atoms with Crippen molar-refractivity contribution in [2.24, 2.45) is 0 Å². The van der Waals surface area contributed by atoms with E-state index in [4.69, 9.17) is 4.74 Å². The van der Waals surface area contributed by atoms with Crippen LogP contribution in [0.5, 0.6) is 5.75 Å². The highest BCUT2D eigenvalue weighted by molar-refractivity contribution is 7.93. The number of hydrogen-bond donors (Lipinski definition) is 2. The van der Waals surface area contributed by atoms with Gasteiger partial charge in [-0.25, -0.2) is 21.6 Å². The minimum absolute atomic E-state index is 0.0376. The second kappa shape index (κ2) is 8.36. The fourth-order valence-electron chi connectivity index (χ4n) is 2.80. The lowest BCUT2D eigenvalue weighted by Gasteiger charge is -2.16. The molecule has 1 heterocycles. The monoisotopic (exact) mass is 462 g/mol. The molecule has 0 bridgehead atoms. The van der Waals surface area contributed by atoms with E-state index in [2.05, 4.69) is 9.71 Å². The zero-order valence-electron chi connectivity index (χ0n) is 16.4. The Bertz CT molecular complexity index is 1350. The van der Waals surface area contributed by atoms with Gasteiger partial charge in [-0.15, -0.1) is 0 Å². The summed E-state index contributed by atoms with van der Waals surface area (Å²) in [4.78, 5) is 15.0. The summed E-state index contributed by atoms with van der Waals surface area (Å²) < 4.78 is 57.7. The fraction of sp³-hybridized carbons (Fsp3) is 0.100. The van der Waals surface area contributed by atoms with Gasteiger partial charge in [-0.05, 0) is 48.5 Å². The van der Waals surface area contributed by atoms with Crippen LogP contribution in [-0.4, -0.2) is 46.3 Å². The molecule has 0 aliphatic carbocycles. The molecule has 1 aromatic heterocycles. The Labute approximate surface area is 179 Å². The molecular formula is C20H18N2O7S2. The molecule has 0 saturated heterocycles. The van der Waals surface area contributed by atoms with Crippen LogP contribution in [0.3, 0.4) is 0 Å². The number of benzene rings is 2. The van der Waals surface area contributed by atoms with Crippen molar-refractivity contribution < 1.29 is 31.5 Å². The molecule has 0 aliphatic heterocycles. The Morgan fingerprint density at radius 1 is 1.03 bits per heavy atom. The van der Waals surface area contributed by atoms with Crippen molar-refractivity contribution in [2.75, 3.05) is 18.1 Å². The van der Waals surface area contributed by atoms with E-state index in [0.29, 0.717) is 11.3 Å². The van der Waals surface area contributed by atoms with E-state index in [1.807, 2.05) is 0 Å². The van der Waals surface area contributed by atoms with Crippen LogP contribution in [0.4, 0.5) is 5.69 Å². The second-order valence-corrected chi connectivity index (χ2v) is 10.1. The Hall–Kier alpha value is -3.44. The molecule has 0 amide bonds. The first-order valence-electron chi connectivity index (χ1n) is 8.72. The summed E-state index contributed by atoms with van der Waals surface area (Å²) in [6.45, 7) is 0. The molecule has 2 N–H and O–H groups in total. The molecule has 0 fully saturated rings. The van der Waals surface area contributed by atoms with E-state index in [1.54, 1.807) is 18.2 Å². The third-order valence-electron chi connectivity index (χ3n) is 4.30. The number of carbonyl (C=O) groups is 1. The highest BCUT2D eigenvalue weighted by Crippen LogP contribution is 2.33. The number of carboxylic acids is 1. The maximum absolute atomic E-state index is 13.1. The summed E-state index contributed by atoms with van der Waals surface area (Å²) in [6.07, 6.45) is 2.51. The van der Waals surface area contributed by atoms with Crippen molar-refractivity contribution in [2.45, 2.75) is 9.79 Å². The predicted molar refractivity (Wildman–Crippen MR) is 114 cm³/mol. The summed E-state index contributed by atoms with van der Waals surface area (Å²) in [6, 6.07) is 12.4. The number of anilines is 1. The second-order valence-electron chi connectivity index (χ2n) is 6.47. The van der Waals surface area contributed by atoms with Gasteiger partial charge in [-0.2, -0.15) is 0 Å². The SMILES string of the molecule is COc1ccc(C(=O)O)cc1S(=O)(=O)Nc1cc(S(C)(=O)=O)ccc1-c1ccccn1. The minimum Gasteiger partial charge on any atom is -0.495 e. The maximum atomic E-state index is 13.1. The molecule has 31 heavy (non-hydrogen) atoms. The summed E-state index contributed by atoms with van der Waals surface area (Å²) >= 11 is 0. The predicted octanol–water partition coefficient (Wildman–Crippen LogP) is 2.66. The molecule has 9 nitrogen and oxygen atoms in total. The Kier molecular flexibility index (Phi) is 6.00. The van der Waals surface area contributed by atoms with Crippen LogP contribution in [0.25, 0.3) is 11.3 Å². The van der Waals surface area contributed by atoms with Gasteiger partial charge in [0, 0.05) is 18.0 Å². The van der Waals surface area contributed by atoms with Crippen molar-refractivity contribution in [3.05, 3.63) is 66.4 Å². The molecule has 0 aliphatic rings. The highest BCUT2D eigenvalue weighted by Gasteiger charge is 2.24. The number of aromatic nitrogens is 1. The molecule has 0 radical (unpaired) electrons. The lowest BCUT2D eigenvalue weighted by atomic mass is 10.1. The number of aromatic carboxylic acids is 1. The normalized spacial score (nSPS) is 11.7. The first-order chi connectivity index (χ1) is 14.5. The molecule has 0 atom stereocenters. The molecule has 3 rings (SSSR count). The topological polar surface area (TPSA) is 140 Å². The Morgan fingerprint density at radius 2 is 1.77 bits per heavy atom. The van der Waals surface area contributed by atoms with Gasteiger partial charge in [0.05, 0.1) is 29.0 Å². The molecule has 3 aromatic rings. The highest BCUT2D eigenvalue weighted by atomic mass is 32.2. The van der Waals surface area contributed by atoms with E-state index in [1.165, 1.54) is 43.6 Å². The average Bonchev–Trinajstić information content (AvgIpc) is 2.73. The summed E-state index contributed by atoms with van der Waals surface area (Å²) in [5.41, 5.74) is 0.455. The van der Waals surface area contributed by atoms with E-state index < -0.39 is 30.7 Å². The smallest absolute Gasteiger partial charge is 0.335 e. The minimum atomic E-state index is -4.37. The van der Waals surface area contributed by atoms with Crippen LogP contribution in [0.1, 0.15) is 10.4 Å². The third-order valence-corrected chi connectivity index (χ3v) is 6.80. The number of pyridine rings is 1. The van der Waals surface area contributed by atoms with Crippen molar-refractivity contribution in [3.63, 3.8) is 0 Å². The number of carboxylic acid groups (broad SMARTS) is 1. The number of nitrogens with zero attached hydrogens (tertiary/aromatic N) is 1. The summed E-state index contributed by atoms with van der Waals surface area (Å²) in [7, 11) is -6.75. The van der Waals surface area contributed by atoms with Gasteiger partial charge in [0.1, 0.15) is 10.6 Å². The quantitative estimate of drug-likeness (QED) is 0.546. The first kappa shape index (κ1) is 22.2. The Morgan fingerprint density at radius 3 is 2.35 bits per heavy atom. The molecule has 11 heteroatoms. The van der Waals surface area contributed by atoms with Crippen LogP contribution >= 0.6 is 0 Å². The molecular weight excluding hydrogens is 444 g/mol. The summed E-state index contributed by atoms with van der Waals surface area (Å²) in [5.74, 6) is -1.39. The van der Waals surface area contributed by atoms with Crippen molar-refractivity contribution in [1.82, 2.24) is 4.98 Å². The van der Waals surface area contributed by atoms with Crippen molar-refractivity contribution >= 4 is 31.5 Å². The number of hydrogen-bond acceptors (Lipinski definition) is 7. The third kappa shape index (κ3) is 4.84. The number of rotatable bonds is 7. The van der Waals surface area contributed by atoms with Crippen LogP contribution in [-0.2, 0) is 19.9 Å². The van der Waals surface area contributed by atoms with Crippen LogP contribution in [0, 0.1) is 0 Å². The molecule has 0 unspecified atom stereocenters. The molecule has 162 valence electrons. The van der Waals surface area contributed by atoms with Gasteiger partial charge in [0.25, 0.3) is 10.0 Å². The van der Waals surface area contributed by atoms with Gasteiger partial charge < -0.3 is 9.84 Å². The van der Waals surface area contributed by atoms with E-state index >= 15 is 0 Å². The molecule has 0 spiro atoms. The lowest BCUT2D eigenvalue weighted by molar-refractivity contribution is 0.0696. The molecule has 2 aromatic carbocycles. The maximum Gasteiger partial charge on any atom is 0.335 e. The van der Waals surface area contributed by atoms with Crippen molar-refractivity contribution in [3.8, 4) is 17.0 Å². The standard InChI is InChI=1S/C20H18N2O7S2/c1-29-18-9-6-13(20(23)24)11-19(18)31(27,28)22-17-12-14(30(2,25)26)7-8-15(17)16-5-3-4-10-21-16/h3-12,22H,1-2H3,(H,23,24). The van der Waals surface area contributed by atoms with E-state index in [-0.39, 0.29) is 21.9 Å². The van der Waals surface area contributed by atoms with E-state index in [9.17, 15) is 26.7 Å². The number of nitrogens with one attached hydrogen (secondary N) is 1. The zero-order chi connectivity index (χ0) is 22.8. The average molecular weight is 463 g/mol.